The molecular weight excluding hydrogens is 1950 g/mol. The minimum atomic E-state index is -2.08. The Bertz CT molecular complexity index is 4660. The lowest BCUT2D eigenvalue weighted by atomic mass is 9.97. The zero-order chi connectivity index (χ0) is 113. The molecule has 0 heterocycles. The summed E-state index contributed by atoms with van der Waals surface area (Å²) in [6, 6.07) is -24.3. The number of hydrogen-bond donors (Lipinski definition) is 31. The van der Waals surface area contributed by atoms with Gasteiger partial charge >= 0.3 is 11.9 Å². The highest BCUT2D eigenvalue weighted by molar-refractivity contribution is 6.03. The van der Waals surface area contributed by atoms with Crippen molar-refractivity contribution in [1.82, 2.24) is 101 Å². The Morgan fingerprint density at radius 2 is 0.622 bits per heavy atom. The molecule has 0 saturated heterocycles. The zero-order valence-corrected chi connectivity index (χ0v) is 86.4. The highest BCUT2D eigenvalue weighted by Gasteiger charge is 2.43. The third-order valence-corrected chi connectivity index (χ3v) is 23.3. The maximum atomic E-state index is 14.4. The van der Waals surface area contributed by atoms with Crippen molar-refractivity contribution in [3.63, 3.8) is 0 Å². The summed E-state index contributed by atoms with van der Waals surface area (Å²) in [5.41, 5.74) is 28.4. The van der Waals surface area contributed by atoms with E-state index in [4.69, 9.17) is 28.7 Å². The Hall–Kier alpha value is -13.8. The van der Waals surface area contributed by atoms with Crippen molar-refractivity contribution in [3.8, 4) is 0 Å². The predicted octanol–water partition coefficient (Wildman–Crippen LogP) is -11.0. The predicted molar refractivity (Wildman–Crippen MR) is 527 cm³/mol. The molecule has 22 amide bonds. The second-order valence-corrected chi connectivity index (χ2v) is 38.1. The third-order valence-electron chi connectivity index (χ3n) is 23.3. The Balaban J connectivity index is 3.45. The Morgan fingerprint density at radius 1 is 0.318 bits per heavy atom. The molecule has 148 heavy (non-hydrogen) atoms. The summed E-state index contributed by atoms with van der Waals surface area (Å²) in [4.78, 5) is 325. The fourth-order valence-corrected chi connectivity index (χ4v) is 14.3. The van der Waals surface area contributed by atoms with E-state index in [1.165, 1.54) is 46.8 Å². The van der Waals surface area contributed by atoms with Crippen LogP contribution in [0.1, 0.15) is 200 Å². The van der Waals surface area contributed by atoms with Crippen molar-refractivity contribution in [2.24, 2.45) is 70.1 Å². The third kappa shape index (κ3) is 48.3. The molecule has 1 rings (SSSR count). The van der Waals surface area contributed by atoms with Crippen LogP contribution in [0.3, 0.4) is 0 Å². The van der Waals surface area contributed by atoms with Gasteiger partial charge in [-0.3, -0.25) is 110 Å². The number of carboxylic acid groups (broad SMARTS) is 2. The Morgan fingerprint density at radius 3 is 0.993 bits per heavy atom. The molecule has 0 spiro atoms. The number of rotatable bonds is 71. The number of benzene rings is 1. The molecular formula is C93H156N24O31. The van der Waals surface area contributed by atoms with Crippen molar-refractivity contribution in [3.05, 3.63) is 35.9 Å². The van der Waals surface area contributed by atoms with Gasteiger partial charge in [0.05, 0.1) is 58.3 Å². The number of carbonyl (C=O) groups is 24. The van der Waals surface area contributed by atoms with E-state index in [1.54, 1.807) is 87.4 Å². The number of hydrogen-bond acceptors (Lipinski definition) is 31. The maximum absolute atomic E-state index is 14.4. The van der Waals surface area contributed by atoms with E-state index in [9.17, 15) is 151 Å². The van der Waals surface area contributed by atoms with Gasteiger partial charge in [0.2, 0.25) is 130 Å². The van der Waals surface area contributed by atoms with Crippen LogP contribution >= 0.6 is 0 Å². The van der Waals surface area contributed by atoms with Gasteiger partial charge in [0.25, 0.3) is 0 Å². The van der Waals surface area contributed by atoms with Crippen LogP contribution in [0.5, 0.6) is 0 Å². The SMILES string of the molecule is CC[C@H](C)[C@H](NC(=O)[C@H](CC(=O)O)NC(=O)[C@H](CC(N)=O)NC(=O)[C@H](CC(C)C)NC(=O)[C@@H](NC(=O)[C@H](CO)NC(=O)[C@H](CO)NC(=O)[C@@H](NC(=O)[C@H](C)NC(=O)CNC(=O)[C@H](Cc1ccccc1)NC(=O)[C@H](CC(N)=O)NC(=O)[C@H](CO)NC(=O)[C@H](CO)NC(=O)[C@H](CC(C)C)NC(=O)[C@H](CCC(N)=O)NC(=O)[C@H](CCCCN)NC(=O)[C@@H](NC(=O)[C@H](CC(C)C)NC(=O)[C@@H](N)[C@@H](C)O)C(C)C)[C@@H](C)CC)C(C)C)C(=O)O. The molecule has 22 atom stereocenters. The first kappa shape index (κ1) is 132. The number of primary amides is 3. The molecule has 0 aromatic heterocycles. The van der Waals surface area contributed by atoms with Crippen LogP contribution in [-0.4, -0.2) is 338 Å². The Kier molecular flexibility index (Phi) is 60.0. The normalized spacial score (nSPS) is 15.8. The lowest BCUT2D eigenvalue weighted by Gasteiger charge is -2.29. The second kappa shape index (κ2) is 67.2. The number of aliphatic hydroxyl groups is 5. The molecule has 0 fully saturated rings. The summed E-state index contributed by atoms with van der Waals surface area (Å²) in [5.74, 6) is -31.9. The lowest BCUT2D eigenvalue weighted by molar-refractivity contribution is -0.145. The number of aliphatic hydroxyl groups excluding tert-OH is 5. The van der Waals surface area contributed by atoms with Gasteiger partial charge in [-0.05, 0) is 112 Å². The van der Waals surface area contributed by atoms with E-state index >= 15 is 0 Å². The fourth-order valence-electron chi connectivity index (χ4n) is 14.3. The number of carboxylic acids is 2. The van der Waals surface area contributed by atoms with Crippen LogP contribution in [-0.2, 0) is 121 Å². The molecule has 0 bridgehead atoms. The number of unbranched alkanes of at least 4 members (excludes halogenated alkanes) is 1. The smallest absolute Gasteiger partial charge is 0.326 e. The molecule has 0 saturated carbocycles. The minimum Gasteiger partial charge on any atom is -0.481 e. The van der Waals surface area contributed by atoms with E-state index in [1.807, 2.05) is 0 Å². The van der Waals surface area contributed by atoms with Crippen LogP contribution in [0.4, 0.5) is 0 Å². The molecule has 0 radical (unpaired) electrons. The summed E-state index contributed by atoms with van der Waals surface area (Å²) in [6.07, 6.45) is -5.17. The summed E-state index contributed by atoms with van der Waals surface area (Å²) < 4.78 is 0. The number of nitrogens with two attached hydrogens (primary N) is 5. The first-order valence-corrected chi connectivity index (χ1v) is 48.8. The van der Waals surface area contributed by atoms with Crippen LogP contribution < -0.4 is 130 Å². The highest BCUT2D eigenvalue weighted by Crippen LogP contribution is 2.18. The van der Waals surface area contributed by atoms with Crippen molar-refractivity contribution in [2.75, 3.05) is 39.5 Å². The van der Waals surface area contributed by atoms with Crippen LogP contribution in [0.25, 0.3) is 0 Å². The summed E-state index contributed by atoms with van der Waals surface area (Å²) in [5, 5.41) is 116. The molecule has 834 valence electrons. The van der Waals surface area contributed by atoms with Gasteiger partial charge in [-0.1, -0.05) is 140 Å². The van der Waals surface area contributed by atoms with Crippen LogP contribution in [0, 0.1) is 41.4 Å². The lowest BCUT2D eigenvalue weighted by Crippen LogP contribution is -2.62. The number of aliphatic carboxylic acids is 2. The van der Waals surface area contributed by atoms with Crippen molar-refractivity contribution < 1.29 is 151 Å². The van der Waals surface area contributed by atoms with E-state index < -0.39 is 363 Å². The van der Waals surface area contributed by atoms with E-state index in [-0.39, 0.29) is 63.8 Å². The number of carbonyl (C=O) groups excluding carboxylic acids is 22. The van der Waals surface area contributed by atoms with Gasteiger partial charge in [-0.15, -0.1) is 0 Å². The summed E-state index contributed by atoms with van der Waals surface area (Å²) >= 11 is 0. The van der Waals surface area contributed by atoms with Crippen LogP contribution in [0.2, 0.25) is 0 Å². The number of nitrogens with one attached hydrogen (secondary N) is 19. The molecule has 0 unspecified atom stereocenters. The minimum absolute atomic E-state index is 0.0789. The maximum Gasteiger partial charge on any atom is 0.326 e. The van der Waals surface area contributed by atoms with Crippen molar-refractivity contribution >= 4 is 142 Å². The van der Waals surface area contributed by atoms with E-state index in [0.717, 1.165) is 6.92 Å². The van der Waals surface area contributed by atoms with E-state index in [2.05, 4.69) is 101 Å². The average Bonchev–Trinajstić information content (AvgIpc) is 0.854. The molecule has 36 N–H and O–H groups in total. The molecule has 1 aromatic carbocycles. The second-order valence-electron chi connectivity index (χ2n) is 38.1. The molecule has 55 heteroatoms. The Labute approximate surface area is 857 Å². The van der Waals surface area contributed by atoms with Crippen molar-refractivity contribution in [2.45, 2.75) is 322 Å². The van der Waals surface area contributed by atoms with Gasteiger partial charge < -0.3 is 165 Å². The largest absolute Gasteiger partial charge is 0.481 e. The first-order valence-electron chi connectivity index (χ1n) is 48.8. The van der Waals surface area contributed by atoms with Crippen LogP contribution in [0.15, 0.2) is 30.3 Å². The fraction of sp³-hybridized carbons (Fsp3) is 0.677. The first-order chi connectivity index (χ1) is 69.2. The molecule has 0 aliphatic carbocycles. The topological polar surface area (TPSA) is 910 Å². The molecule has 1 aromatic rings. The van der Waals surface area contributed by atoms with Gasteiger partial charge in [-0.25, -0.2) is 4.79 Å². The van der Waals surface area contributed by atoms with Gasteiger partial charge in [0.15, 0.2) is 0 Å². The quantitative estimate of drug-likeness (QED) is 0.0269. The van der Waals surface area contributed by atoms with Gasteiger partial charge in [0.1, 0.15) is 115 Å². The summed E-state index contributed by atoms with van der Waals surface area (Å²) in [6.45, 7) is 19.1. The molecule has 55 nitrogen and oxygen atoms in total. The van der Waals surface area contributed by atoms with Crippen molar-refractivity contribution in [1.29, 1.82) is 0 Å². The van der Waals surface area contributed by atoms with Gasteiger partial charge in [0, 0.05) is 12.8 Å². The van der Waals surface area contributed by atoms with Gasteiger partial charge in [-0.2, -0.15) is 0 Å². The standard InChI is InChI=1S/C93H156N24O31/c1-17-47(13)73(92(146)113-63(40-120)87(141)112-64(41-121)88(142)115-72(46(11)12)91(145)109-55(31-43(5)6)79(133)105-58(34-66(96)124)82(136)107-60(36-69(127)128)84(138)117-74(93(147)148)48(14)18-2)116-75(129)49(15)100-68(126)37-99-76(130)57(33-51-24-20-19-21-25-51)104-81(135)59(35-67(97)125)106-85(139)61(38-118)111-86(140)62(39-119)110-80(134)54(30-42(3)4)103-78(132)53(27-28-65(95)123)101-77(131)52(26-22-23-29-94)102-90(144)71(45(9)10)114-83(137)56(32-44(7)8)108-89(143)70(98)50(16)122/h19-21,24-25,42-50,52-64,70-74,118-122H,17-18,22-23,26-41,94,98H2,1-16H3,(H2,95,123)(H2,96,124)(H2,97,125)(H,99,130)(H,100,126)(H,101,131)(H,102,144)(H,103,132)(H,104,135)(H,105,133)(H,106,139)(H,107,136)(H,108,143)(H,109,145)(H,110,134)(H,111,140)(H,112,141)(H,113,146)(H,114,137)(H,115,142)(H,116,129)(H,117,138)(H,127,128)(H,147,148)/t47-,48-,49-,50+,52-,53-,54-,55-,56-,57-,58-,59-,60-,61-,62-,63-,64-,70-,71-,72-,73-,74-/m0/s1. The monoisotopic (exact) mass is 2110 g/mol. The zero-order valence-electron chi connectivity index (χ0n) is 86.4. The average molecular weight is 2110 g/mol. The molecule has 0 aliphatic rings. The molecule has 0 aliphatic heterocycles. The van der Waals surface area contributed by atoms with E-state index in [0.29, 0.717) is 12.0 Å². The highest BCUT2D eigenvalue weighted by atomic mass is 16.4. The number of amides is 22. The summed E-state index contributed by atoms with van der Waals surface area (Å²) in [7, 11) is 0.